The van der Waals surface area contributed by atoms with E-state index in [2.05, 4.69) is 15.0 Å². The van der Waals surface area contributed by atoms with Crippen molar-refractivity contribution in [3.63, 3.8) is 0 Å². The molecule has 1 atom stereocenters. The van der Waals surface area contributed by atoms with E-state index in [0.717, 1.165) is 5.82 Å². The molecule has 0 bridgehead atoms. The molecule has 0 spiro atoms. The molecule has 2 aromatic rings. The smallest absolute Gasteiger partial charge is 0.242 e. The molecule has 23 heavy (non-hydrogen) atoms. The molecule has 1 aliphatic heterocycles. The van der Waals surface area contributed by atoms with E-state index in [1.165, 1.54) is 0 Å². The lowest BCUT2D eigenvalue weighted by Gasteiger charge is -2.29. The predicted octanol–water partition coefficient (Wildman–Crippen LogP) is -0.227. The summed E-state index contributed by atoms with van der Waals surface area (Å²) in [4.78, 5) is 28.0. The Morgan fingerprint density at radius 2 is 2.26 bits per heavy atom. The lowest BCUT2D eigenvalue weighted by Crippen LogP contribution is -2.46. The molecule has 1 N–H and O–H groups in total. The van der Waals surface area contributed by atoms with Gasteiger partial charge in [-0.3, -0.25) is 9.78 Å². The number of rotatable bonds is 5. The van der Waals surface area contributed by atoms with Crippen LogP contribution >= 0.6 is 0 Å². The summed E-state index contributed by atoms with van der Waals surface area (Å²) in [6.45, 7) is 1.64. The standard InChI is InChI=1S/C15H20N6O2/c1-19(14(22)9-20-7-5-17-12-20)10-15(23)2-6-21(11-15)13-8-16-3-4-18-13/h3-5,7-8,12,23H,2,6,9-11H2,1H3/t15-/m1/s1. The van der Waals surface area contributed by atoms with Gasteiger partial charge in [-0.2, -0.15) is 0 Å². The third-order valence-electron chi connectivity index (χ3n) is 4.04. The Hall–Kier alpha value is -2.48. The second-order valence-corrected chi connectivity index (χ2v) is 5.94. The van der Waals surface area contributed by atoms with Gasteiger partial charge in [0, 0.05) is 44.9 Å². The van der Waals surface area contributed by atoms with Crippen LogP contribution in [-0.2, 0) is 11.3 Å². The van der Waals surface area contributed by atoms with Crippen molar-refractivity contribution in [1.29, 1.82) is 0 Å². The summed E-state index contributed by atoms with van der Waals surface area (Å²) in [5, 5.41) is 10.8. The minimum absolute atomic E-state index is 0.0608. The fraction of sp³-hybridized carbons (Fsp3) is 0.467. The maximum atomic E-state index is 12.2. The van der Waals surface area contributed by atoms with E-state index in [-0.39, 0.29) is 19.0 Å². The van der Waals surface area contributed by atoms with Crippen molar-refractivity contribution in [3.05, 3.63) is 37.3 Å². The Bertz CT molecular complexity index is 647. The number of nitrogens with zero attached hydrogens (tertiary/aromatic N) is 6. The van der Waals surface area contributed by atoms with Gasteiger partial charge in [-0.25, -0.2) is 9.97 Å². The molecule has 0 aliphatic carbocycles. The van der Waals surface area contributed by atoms with Crippen LogP contribution in [0.4, 0.5) is 5.82 Å². The number of carbonyl (C=O) groups is 1. The van der Waals surface area contributed by atoms with E-state index in [1.807, 2.05) is 4.90 Å². The highest BCUT2D eigenvalue weighted by Gasteiger charge is 2.38. The van der Waals surface area contributed by atoms with Crippen LogP contribution in [0.15, 0.2) is 37.3 Å². The molecule has 3 rings (SSSR count). The molecule has 122 valence electrons. The summed E-state index contributed by atoms with van der Waals surface area (Å²) in [6.07, 6.45) is 10.5. The van der Waals surface area contributed by atoms with Crippen molar-refractivity contribution in [2.45, 2.75) is 18.6 Å². The zero-order valence-electron chi connectivity index (χ0n) is 13.0. The summed E-state index contributed by atoms with van der Waals surface area (Å²) in [5.74, 6) is 0.685. The second kappa shape index (κ2) is 6.33. The van der Waals surface area contributed by atoms with Crippen LogP contribution in [-0.4, -0.2) is 67.7 Å². The Balaban J connectivity index is 1.58. The molecule has 1 amide bonds. The normalized spacial score (nSPS) is 20.7. The van der Waals surface area contributed by atoms with Gasteiger partial charge in [-0.1, -0.05) is 0 Å². The van der Waals surface area contributed by atoms with Crippen LogP contribution in [0.3, 0.4) is 0 Å². The van der Waals surface area contributed by atoms with Crippen molar-refractivity contribution >= 4 is 11.7 Å². The summed E-state index contributed by atoms with van der Waals surface area (Å²) >= 11 is 0. The number of amides is 1. The van der Waals surface area contributed by atoms with Crippen LogP contribution in [0.2, 0.25) is 0 Å². The summed E-state index contributed by atoms with van der Waals surface area (Å²) < 4.78 is 1.71. The first-order valence-electron chi connectivity index (χ1n) is 7.49. The van der Waals surface area contributed by atoms with Gasteiger partial charge in [0.1, 0.15) is 18.0 Å². The molecule has 2 aromatic heterocycles. The number of carbonyl (C=O) groups excluding carboxylic acids is 1. The molecule has 0 saturated carbocycles. The lowest BCUT2D eigenvalue weighted by molar-refractivity contribution is -0.133. The average molecular weight is 316 g/mol. The largest absolute Gasteiger partial charge is 0.386 e. The van der Waals surface area contributed by atoms with Gasteiger partial charge in [-0.05, 0) is 6.42 Å². The van der Waals surface area contributed by atoms with E-state index >= 15 is 0 Å². The van der Waals surface area contributed by atoms with Gasteiger partial charge in [0.2, 0.25) is 5.91 Å². The Kier molecular flexibility index (Phi) is 4.24. The van der Waals surface area contributed by atoms with Crippen LogP contribution in [0.25, 0.3) is 0 Å². The topological polar surface area (TPSA) is 87.4 Å². The van der Waals surface area contributed by atoms with Crippen molar-refractivity contribution in [1.82, 2.24) is 24.4 Å². The van der Waals surface area contributed by atoms with Crippen molar-refractivity contribution < 1.29 is 9.90 Å². The van der Waals surface area contributed by atoms with Crippen LogP contribution in [0.1, 0.15) is 6.42 Å². The maximum Gasteiger partial charge on any atom is 0.242 e. The van der Waals surface area contributed by atoms with E-state index in [9.17, 15) is 9.90 Å². The Morgan fingerprint density at radius 1 is 1.39 bits per heavy atom. The number of hydrogen-bond acceptors (Lipinski definition) is 6. The first-order chi connectivity index (χ1) is 11.1. The highest BCUT2D eigenvalue weighted by molar-refractivity contribution is 5.75. The maximum absolute atomic E-state index is 12.2. The summed E-state index contributed by atoms with van der Waals surface area (Å²) in [5.41, 5.74) is -0.934. The number of aromatic nitrogens is 4. The molecular weight excluding hydrogens is 296 g/mol. The first-order valence-corrected chi connectivity index (χ1v) is 7.49. The van der Waals surface area contributed by atoms with Crippen LogP contribution < -0.4 is 4.90 Å². The van der Waals surface area contributed by atoms with Crippen molar-refractivity contribution in [2.75, 3.05) is 31.6 Å². The van der Waals surface area contributed by atoms with Gasteiger partial charge in [0.15, 0.2) is 0 Å². The van der Waals surface area contributed by atoms with Gasteiger partial charge >= 0.3 is 0 Å². The molecule has 1 saturated heterocycles. The third-order valence-corrected chi connectivity index (χ3v) is 4.04. The molecule has 1 fully saturated rings. The molecule has 0 unspecified atom stereocenters. The van der Waals surface area contributed by atoms with Gasteiger partial charge < -0.3 is 19.5 Å². The Labute approximate surface area is 134 Å². The minimum Gasteiger partial charge on any atom is -0.386 e. The average Bonchev–Trinajstić information content (AvgIpc) is 3.18. The quantitative estimate of drug-likeness (QED) is 0.820. The molecule has 0 aromatic carbocycles. The highest BCUT2D eigenvalue weighted by Crippen LogP contribution is 2.25. The number of aliphatic hydroxyl groups is 1. The van der Waals surface area contributed by atoms with Gasteiger partial charge in [0.05, 0.1) is 19.1 Å². The van der Waals surface area contributed by atoms with E-state index in [4.69, 9.17) is 0 Å². The van der Waals surface area contributed by atoms with E-state index < -0.39 is 5.60 Å². The Morgan fingerprint density at radius 3 is 2.96 bits per heavy atom. The molecule has 0 radical (unpaired) electrons. The number of β-amino-alcohol motifs (C(OH)–C–C–N with tert-alkyl or cyclic N) is 1. The van der Waals surface area contributed by atoms with Crippen molar-refractivity contribution in [2.24, 2.45) is 0 Å². The fourth-order valence-electron chi connectivity index (χ4n) is 2.82. The number of hydrogen-bond donors (Lipinski definition) is 1. The molecule has 1 aliphatic rings. The van der Waals surface area contributed by atoms with Crippen LogP contribution in [0.5, 0.6) is 0 Å². The molecular formula is C15H20N6O2. The first kappa shape index (κ1) is 15.4. The monoisotopic (exact) mass is 316 g/mol. The van der Waals surface area contributed by atoms with Crippen molar-refractivity contribution in [3.8, 4) is 0 Å². The second-order valence-electron chi connectivity index (χ2n) is 5.94. The summed E-state index contributed by atoms with van der Waals surface area (Å²) in [7, 11) is 1.71. The zero-order valence-corrected chi connectivity index (χ0v) is 13.0. The summed E-state index contributed by atoms with van der Waals surface area (Å²) in [6, 6.07) is 0. The van der Waals surface area contributed by atoms with Gasteiger partial charge in [-0.15, -0.1) is 0 Å². The zero-order chi connectivity index (χ0) is 16.3. The SMILES string of the molecule is CN(C[C@]1(O)CCN(c2cnccn2)C1)C(=O)Cn1ccnc1. The van der Waals surface area contributed by atoms with Crippen LogP contribution in [0, 0.1) is 0 Å². The minimum atomic E-state index is -0.934. The van der Waals surface area contributed by atoms with E-state index in [0.29, 0.717) is 19.5 Å². The fourth-order valence-corrected chi connectivity index (χ4v) is 2.82. The number of anilines is 1. The van der Waals surface area contributed by atoms with E-state index in [1.54, 1.807) is 53.8 Å². The predicted molar refractivity (Wildman–Crippen MR) is 83.7 cm³/mol. The molecule has 8 nitrogen and oxygen atoms in total. The number of imidazole rings is 1. The number of likely N-dealkylation sites (N-methyl/N-ethyl adjacent to an activating group) is 1. The highest BCUT2D eigenvalue weighted by atomic mass is 16.3. The van der Waals surface area contributed by atoms with Gasteiger partial charge in [0.25, 0.3) is 0 Å². The molecule has 3 heterocycles. The molecule has 8 heteroatoms. The third kappa shape index (κ3) is 3.65. The lowest BCUT2D eigenvalue weighted by atomic mass is 10.0.